The third kappa shape index (κ3) is 3.38. The molecule has 0 unspecified atom stereocenters. The summed E-state index contributed by atoms with van der Waals surface area (Å²) in [5.41, 5.74) is 1.78. The van der Waals surface area contributed by atoms with Crippen molar-refractivity contribution in [1.82, 2.24) is 4.98 Å². The lowest BCUT2D eigenvalue weighted by molar-refractivity contribution is 0.597. The van der Waals surface area contributed by atoms with Crippen molar-refractivity contribution in [3.8, 4) is 11.3 Å². The van der Waals surface area contributed by atoms with Crippen molar-refractivity contribution >= 4 is 37.3 Å². The molecule has 0 radical (unpaired) electrons. The number of nitrogens with two attached hydrogens (primary N) is 1. The van der Waals surface area contributed by atoms with E-state index in [9.17, 15) is 8.42 Å². The second-order valence-electron chi connectivity index (χ2n) is 3.83. The molecule has 1 aromatic heterocycles. The minimum Gasteiger partial charge on any atom is -0.240 e. The minimum atomic E-state index is -3.53. The number of primary sulfonamides is 1. The van der Waals surface area contributed by atoms with Gasteiger partial charge in [-0.2, -0.15) is 0 Å². The summed E-state index contributed by atoms with van der Waals surface area (Å²) in [6.45, 7) is 1.92. The zero-order valence-corrected chi connectivity index (χ0v) is 12.8. The molecule has 0 saturated carbocycles. The van der Waals surface area contributed by atoms with Crippen molar-refractivity contribution in [3.05, 3.63) is 38.6 Å². The molecule has 4 nitrogen and oxygen atoms in total. The molecule has 0 aliphatic carbocycles. The molecule has 2 rings (SSSR count). The number of benzene rings is 1. The zero-order chi connectivity index (χ0) is 13.3. The summed E-state index contributed by atoms with van der Waals surface area (Å²) in [6, 6.07) is 7.72. The number of aromatic nitrogens is 1. The van der Waals surface area contributed by atoms with Gasteiger partial charge in [0.05, 0.1) is 5.69 Å². The predicted molar refractivity (Wildman–Crippen MR) is 76.8 cm³/mol. The fraction of sp³-hybridized carbons (Fsp3) is 0.182. The highest BCUT2D eigenvalue weighted by Crippen LogP contribution is 2.29. The molecule has 0 spiro atoms. The SMILES string of the molecule is Cc1sc(CS(N)(=O)=O)nc1-c1ccc(Br)cc1. The summed E-state index contributed by atoms with van der Waals surface area (Å²) >= 11 is 4.73. The van der Waals surface area contributed by atoms with Gasteiger partial charge in [0.15, 0.2) is 0 Å². The summed E-state index contributed by atoms with van der Waals surface area (Å²) in [4.78, 5) is 5.32. The van der Waals surface area contributed by atoms with Gasteiger partial charge in [-0.05, 0) is 19.1 Å². The maximum atomic E-state index is 11.0. The summed E-state index contributed by atoms with van der Waals surface area (Å²) in [5.74, 6) is -0.213. The summed E-state index contributed by atoms with van der Waals surface area (Å²) in [6.07, 6.45) is 0. The number of nitrogens with zero attached hydrogens (tertiary/aromatic N) is 1. The molecular weight excluding hydrogens is 336 g/mol. The van der Waals surface area contributed by atoms with Crippen LogP contribution in [0.4, 0.5) is 0 Å². The van der Waals surface area contributed by atoms with E-state index in [0.717, 1.165) is 20.6 Å². The van der Waals surface area contributed by atoms with Crippen molar-refractivity contribution in [2.75, 3.05) is 0 Å². The number of hydrogen-bond acceptors (Lipinski definition) is 4. The van der Waals surface area contributed by atoms with Crippen molar-refractivity contribution in [3.63, 3.8) is 0 Å². The molecule has 0 fully saturated rings. The number of thiazole rings is 1. The van der Waals surface area contributed by atoms with E-state index in [0.29, 0.717) is 5.01 Å². The second-order valence-corrected chi connectivity index (χ2v) is 7.64. The highest BCUT2D eigenvalue weighted by molar-refractivity contribution is 9.10. The highest BCUT2D eigenvalue weighted by atomic mass is 79.9. The Kier molecular flexibility index (Phi) is 3.86. The van der Waals surface area contributed by atoms with Crippen molar-refractivity contribution in [1.29, 1.82) is 0 Å². The molecule has 2 aromatic rings. The Morgan fingerprint density at radius 2 is 1.94 bits per heavy atom. The highest BCUT2D eigenvalue weighted by Gasteiger charge is 2.13. The van der Waals surface area contributed by atoms with Crippen LogP contribution in [0.5, 0.6) is 0 Å². The van der Waals surface area contributed by atoms with Crippen LogP contribution in [0, 0.1) is 6.92 Å². The zero-order valence-electron chi connectivity index (χ0n) is 9.55. The topological polar surface area (TPSA) is 73.1 Å². The first kappa shape index (κ1) is 13.7. The van der Waals surface area contributed by atoms with Gasteiger partial charge in [-0.25, -0.2) is 18.5 Å². The normalized spacial score (nSPS) is 11.7. The van der Waals surface area contributed by atoms with E-state index in [1.54, 1.807) is 0 Å². The first-order chi connectivity index (χ1) is 8.35. The average molecular weight is 347 g/mol. The van der Waals surface area contributed by atoms with E-state index < -0.39 is 10.0 Å². The lowest BCUT2D eigenvalue weighted by Crippen LogP contribution is -2.14. The first-order valence-corrected chi connectivity index (χ1v) is 8.40. The largest absolute Gasteiger partial charge is 0.240 e. The fourth-order valence-corrected chi connectivity index (χ4v) is 3.71. The standard InChI is InChI=1S/C11H11BrN2O2S2/c1-7-11(8-2-4-9(12)5-3-8)14-10(17-7)6-18(13,15)16/h2-5H,6H2,1H3,(H2,13,15,16). The van der Waals surface area contributed by atoms with Crippen molar-refractivity contribution in [2.24, 2.45) is 5.14 Å². The summed E-state index contributed by atoms with van der Waals surface area (Å²) < 4.78 is 23.1. The Bertz CT molecular complexity index is 663. The Morgan fingerprint density at radius 3 is 2.50 bits per heavy atom. The second kappa shape index (κ2) is 5.08. The van der Waals surface area contributed by atoms with Crippen LogP contribution in [-0.4, -0.2) is 13.4 Å². The molecule has 0 amide bonds. The van der Waals surface area contributed by atoms with Crippen molar-refractivity contribution in [2.45, 2.75) is 12.7 Å². The molecule has 0 aliphatic rings. The molecule has 0 saturated heterocycles. The van der Waals surface area contributed by atoms with E-state index in [1.807, 2.05) is 31.2 Å². The van der Waals surface area contributed by atoms with Gasteiger partial charge >= 0.3 is 0 Å². The van der Waals surface area contributed by atoms with Crippen LogP contribution in [0.3, 0.4) is 0 Å². The third-order valence-corrected chi connectivity index (χ3v) is 4.64. The van der Waals surface area contributed by atoms with Gasteiger partial charge in [0, 0.05) is 14.9 Å². The van der Waals surface area contributed by atoms with E-state index in [-0.39, 0.29) is 5.75 Å². The number of rotatable bonds is 3. The maximum Gasteiger partial charge on any atom is 0.215 e. The van der Waals surface area contributed by atoms with Gasteiger partial charge in [-0.1, -0.05) is 28.1 Å². The van der Waals surface area contributed by atoms with Crippen LogP contribution in [-0.2, 0) is 15.8 Å². The molecular formula is C11H11BrN2O2S2. The lowest BCUT2D eigenvalue weighted by atomic mass is 10.1. The van der Waals surface area contributed by atoms with Crippen LogP contribution < -0.4 is 5.14 Å². The Morgan fingerprint density at radius 1 is 1.33 bits per heavy atom. The minimum absolute atomic E-state index is 0.213. The molecule has 2 N–H and O–H groups in total. The van der Waals surface area contributed by atoms with Crippen LogP contribution >= 0.6 is 27.3 Å². The lowest BCUT2D eigenvalue weighted by Gasteiger charge is -1.98. The molecule has 96 valence electrons. The number of halogens is 1. The van der Waals surface area contributed by atoms with E-state index in [2.05, 4.69) is 20.9 Å². The number of sulfonamides is 1. The molecule has 0 atom stereocenters. The number of hydrogen-bond donors (Lipinski definition) is 1. The monoisotopic (exact) mass is 346 g/mol. The quantitative estimate of drug-likeness (QED) is 0.928. The Labute approximate surface area is 118 Å². The van der Waals surface area contributed by atoms with Crippen molar-refractivity contribution < 1.29 is 8.42 Å². The van der Waals surface area contributed by atoms with Crippen LogP contribution in [0.2, 0.25) is 0 Å². The molecule has 1 heterocycles. The van der Waals surface area contributed by atoms with Crippen LogP contribution in [0.1, 0.15) is 9.88 Å². The first-order valence-electron chi connectivity index (χ1n) is 5.08. The fourth-order valence-electron chi connectivity index (χ4n) is 1.56. The molecule has 7 heteroatoms. The summed E-state index contributed by atoms with van der Waals surface area (Å²) in [7, 11) is -3.53. The van der Waals surface area contributed by atoms with E-state index in [1.165, 1.54) is 11.3 Å². The third-order valence-electron chi connectivity index (χ3n) is 2.28. The molecule has 1 aromatic carbocycles. The molecule has 18 heavy (non-hydrogen) atoms. The smallest absolute Gasteiger partial charge is 0.215 e. The van der Waals surface area contributed by atoms with Crippen LogP contribution in [0.15, 0.2) is 28.7 Å². The summed E-state index contributed by atoms with van der Waals surface area (Å²) in [5, 5.41) is 5.54. The molecule has 0 aliphatic heterocycles. The molecule has 0 bridgehead atoms. The van der Waals surface area contributed by atoms with E-state index in [4.69, 9.17) is 5.14 Å². The van der Waals surface area contributed by atoms with Gasteiger partial charge < -0.3 is 0 Å². The van der Waals surface area contributed by atoms with Gasteiger partial charge in [0.1, 0.15) is 10.8 Å². The van der Waals surface area contributed by atoms with Gasteiger partial charge in [0.25, 0.3) is 0 Å². The predicted octanol–water partition coefficient (Wildman–Crippen LogP) is 2.67. The maximum absolute atomic E-state index is 11.0. The number of aryl methyl sites for hydroxylation is 1. The Balaban J connectivity index is 2.38. The van der Waals surface area contributed by atoms with Gasteiger partial charge in [-0.15, -0.1) is 11.3 Å². The van der Waals surface area contributed by atoms with E-state index >= 15 is 0 Å². The van der Waals surface area contributed by atoms with Gasteiger partial charge in [0.2, 0.25) is 10.0 Å². The van der Waals surface area contributed by atoms with Gasteiger partial charge in [-0.3, -0.25) is 0 Å². The van der Waals surface area contributed by atoms with Crippen LogP contribution in [0.25, 0.3) is 11.3 Å². The Hall–Kier alpha value is -0.760. The average Bonchev–Trinajstić information content (AvgIpc) is 2.58.